The molecule has 0 aliphatic carbocycles. The number of carbonyl (C=O) groups excluding carboxylic acids is 1. The third-order valence-electron chi connectivity index (χ3n) is 3.58. The number of ether oxygens (including phenoxy) is 2. The fourth-order valence-corrected chi connectivity index (χ4v) is 2.20. The van der Waals surface area contributed by atoms with Crippen molar-refractivity contribution in [3.8, 4) is 23.0 Å². The molecular weight excluding hydrogens is 352 g/mol. The Morgan fingerprint density at radius 1 is 0.889 bits per heavy atom. The molecule has 0 saturated carbocycles. The Hall–Kier alpha value is -3.67. The van der Waals surface area contributed by atoms with Crippen LogP contribution in [0.1, 0.15) is 11.1 Å². The number of hydrogen-bond donors (Lipinski definition) is 3. The summed E-state index contributed by atoms with van der Waals surface area (Å²) in [5.74, 6) is 0.00163. The highest BCUT2D eigenvalue weighted by Gasteiger charge is 2.02. The fourth-order valence-electron chi connectivity index (χ4n) is 2.20. The minimum atomic E-state index is -0.410. The SMILES string of the molecule is COc1cc(/[14CH]=C/C(=O)/C=C(O)/C=[14CH]/c2ccc(O)c(OC)c2)ccc1O. The van der Waals surface area contributed by atoms with Gasteiger partial charge in [-0.2, -0.15) is 0 Å². The largest absolute Gasteiger partial charge is 0.508 e. The molecule has 0 heterocycles. The van der Waals surface area contributed by atoms with Gasteiger partial charge in [-0.15, -0.1) is 0 Å². The van der Waals surface area contributed by atoms with Gasteiger partial charge in [-0.1, -0.05) is 24.3 Å². The molecule has 0 aliphatic heterocycles. The van der Waals surface area contributed by atoms with Crippen LogP contribution in [0.15, 0.2) is 60.4 Å². The first kappa shape index (κ1) is 19.7. The standard InChI is InChI=1S/C21H20O6/c1-26-20-11-14(5-9-18(20)24)3-7-16(22)13-17(23)8-4-15-6-10-19(25)21(12-15)27-2/h3-13,22,24-25H,1-2H3/b7-3+,8-4+,16-13-/i3+2,4+2. The van der Waals surface area contributed by atoms with E-state index >= 15 is 0 Å². The Balaban J connectivity index is 2.05. The summed E-state index contributed by atoms with van der Waals surface area (Å²) in [5.41, 5.74) is 1.35. The predicted octanol–water partition coefficient (Wildman–Crippen LogP) is 3.85. The number of allylic oxidation sites excluding steroid dienone is 3. The number of aromatic hydroxyl groups is 2. The summed E-state index contributed by atoms with van der Waals surface area (Å²) in [5, 5.41) is 29.0. The number of ketones is 1. The first-order chi connectivity index (χ1) is 12.9. The molecule has 0 atom stereocenters. The van der Waals surface area contributed by atoms with Gasteiger partial charge in [-0.3, -0.25) is 4.79 Å². The van der Waals surface area contributed by atoms with E-state index in [2.05, 4.69) is 0 Å². The van der Waals surface area contributed by atoms with Gasteiger partial charge in [0.15, 0.2) is 28.8 Å². The van der Waals surface area contributed by atoms with Crippen molar-refractivity contribution in [2.45, 2.75) is 0 Å². The van der Waals surface area contributed by atoms with Crippen molar-refractivity contribution in [1.82, 2.24) is 0 Å². The van der Waals surface area contributed by atoms with Crippen molar-refractivity contribution >= 4 is 17.9 Å². The number of carbonyl (C=O) groups is 1. The van der Waals surface area contributed by atoms with Gasteiger partial charge in [0.25, 0.3) is 0 Å². The first-order valence-corrected chi connectivity index (χ1v) is 7.97. The average Bonchev–Trinajstić information content (AvgIpc) is 2.66. The Morgan fingerprint density at radius 2 is 1.37 bits per heavy atom. The van der Waals surface area contributed by atoms with E-state index in [0.29, 0.717) is 22.6 Å². The second-order valence-electron chi connectivity index (χ2n) is 5.50. The molecule has 0 saturated heterocycles. The summed E-state index contributed by atoms with van der Waals surface area (Å²) >= 11 is 0. The zero-order chi connectivity index (χ0) is 19.8. The van der Waals surface area contributed by atoms with E-state index < -0.39 is 5.78 Å². The molecule has 6 heteroatoms. The molecule has 2 rings (SSSR count). The van der Waals surface area contributed by atoms with Crippen LogP contribution in [0, 0.1) is 0 Å². The molecule has 0 spiro atoms. The van der Waals surface area contributed by atoms with Crippen LogP contribution in [-0.4, -0.2) is 35.3 Å². The molecular formula is C21H20O6. The summed E-state index contributed by atoms with van der Waals surface area (Å²) < 4.78 is 10.0. The summed E-state index contributed by atoms with van der Waals surface area (Å²) in [6.45, 7) is 0. The van der Waals surface area contributed by atoms with Crippen LogP contribution in [-0.2, 0) is 4.79 Å². The van der Waals surface area contributed by atoms with Crippen LogP contribution in [0.2, 0.25) is 0 Å². The van der Waals surface area contributed by atoms with Crippen LogP contribution in [0.4, 0.5) is 0 Å². The third kappa shape index (κ3) is 5.67. The minimum absolute atomic E-state index is 0.00881. The molecule has 27 heavy (non-hydrogen) atoms. The van der Waals surface area contributed by atoms with E-state index in [0.717, 1.165) is 6.08 Å². The molecule has 0 bridgehead atoms. The Labute approximate surface area is 156 Å². The maximum absolute atomic E-state index is 11.9. The number of aliphatic hydroxyl groups excluding tert-OH is 1. The first-order valence-electron chi connectivity index (χ1n) is 7.97. The number of hydrogen-bond acceptors (Lipinski definition) is 6. The molecule has 0 unspecified atom stereocenters. The van der Waals surface area contributed by atoms with Crippen LogP contribution in [0.25, 0.3) is 12.2 Å². The second-order valence-corrected chi connectivity index (χ2v) is 5.50. The monoisotopic (exact) mass is 372 g/mol. The lowest BCUT2D eigenvalue weighted by Gasteiger charge is -2.03. The fraction of sp³-hybridized carbons (Fsp3) is 0.0952. The molecule has 0 radical (unpaired) electrons. The molecule has 140 valence electrons. The van der Waals surface area contributed by atoms with Crippen LogP contribution in [0.3, 0.4) is 0 Å². The topological polar surface area (TPSA) is 96.2 Å². The quantitative estimate of drug-likeness (QED) is 0.388. The Bertz CT molecular complexity index is 909. The van der Waals surface area contributed by atoms with E-state index in [-0.39, 0.29) is 17.3 Å². The molecule has 6 nitrogen and oxygen atoms in total. The van der Waals surface area contributed by atoms with E-state index in [4.69, 9.17) is 9.47 Å². The van der Waals surface area contributed by atoms with Crippen molar-refractivity contribution in [2.75, 3.05) is 14.2 Å². The number of rotatable bonds is 7. The lowest BCUT2D eigenvalue weighted by Crippen LogP contribution is -1.89. The number of phenols is 2. The normalized spacial score (nSPS) is 11.9. The zero-order valence-corrected chi connectivity index (χ0v) is 14.9. The van der Waals surface area contributed by atoms with Crippen molar-refractivity contribution < 1.29 is 29.6 Å². The van der Waals surface area contributed by atoms with Crippen molar-refractivity contribution in [1.29, 1.82) is 0 Å². The maximum atomic E-state index is 11.9. The van der Waals surface area contributed by atoms with Gasteiger partial charge >= 0.3 is 0 Å². The summed E-state index contributed by atoms with van der Waals surface area (Å²) in [6.07, 6.45) is 6.85. The third-order valence-corrected chi connectivity index (χ3v) is 3.58. The van der Waals surface area contributed by atoms with E-state index in [1.54, 1.807) is 36.4 Å². The van der Waals surface area contributed by atoms with Gasteiger partial charge in [-0.25, -0.2) is 0 Å². The Kier molecular flexibility index (Phi) is 6.66. The summed E-state index contributed by atoms with van der Waals surface area (Å²) in [4.78, 5) is 11.9. The molecule has 2 aromatic rings. The van der Waals surface area contributed by atoms with Gasteiger partial charge in [0.1, 0.15) is 5.76 Å². The highest BCUT2D eigenvalue weighted by Crippen LogP contribution is 2.27. The molecule has 2 aromatic carbocycles. The smallest absolute Gasteiger partial charge is 0.182 e. The maximum Gasteiger partial charge on any atom is 0.182 e. The van der Waals surface area contributed by atoms with Gasteiger partial charge in [0.2, 0.25) is 0 Å². The lowest BCUT2D eigenvalue weighted by molar-refractivity contribution is -0.110. The number of methoxy groups -OCH3 is 2. The van der Waals surface area contributed by atoms with Crippen LogP contribution < -0.4 is 9.47 Å². The summed E-state index contributed by atoms with van der Waals surface area (Å²) in [6, 6.07) is 9.38. The van der Waals surface area contributed by atoms with E-state index in [9.17, 15) is 20.1 Å². The second kappa shape index (κ2) is 9.15. The molecule has 0 amide bonds. The minimum Gasteiger partial charge on any atom is -0.508 e. The lowest BCUT2D eigenvalue weighted by atomic mass is 10.2. The Morgan fingerprint density at radius 3 is 1.85 bits per heavy atom. The molecule has 3 N–H and O–H groups in total. The predicted molar refractivity (Wildman–Crippen MR) is 103 cm³/mol. The number of phenolic OH excluding ortho intramolecular Hbond substituents is 2. The van der Waals surface area contributed by atoms with Crippen LogP contribution in [0.5, 0.6) is 23.0 Å². The van der Waals surface area contributed by atoms with E-state index in [1.807, 2.05) is 0 Å². The summed E-state index contributed by atoms with van der Waals surface area (Å²) in [7, 11) is 2.87. The van der Waals surface area contributed by atoms with Crippen molar-refractivity contribution in [3.63, 3.8) is 0 Å². The van der Waals surface area contributed by atoms with Crippen LogP contribution >= 0.6 is 0 Å². The van der Waals surface area contributed by atoms with Gasteiger partial charge in [0.05, 0.1) is 14.2 Å². The van der Waals surface area contributed by atoms with Gasteiger partial charge in [-0.05, 0) is 47.5 Å². The average molecular weight is 372 g/mol. The molecule has 0 fully saturated rings. The molecule has 0 aliphatic rings. The van der Waals surface area contributed by atoms with Crippen molar-refractivity contribution in [2.24, 2.45) is 0 Å². The highest BCUT2D eigenvalue weighted by atomic mass is 16.5. The zero-order valence-electron chi connectivity index (χ0n) is 14.9. The van der Waals surface area contributed by atoms with Crippen molar-refractivity contribution in [3.05, 3.63) is 71.5 Å². The highest BCUT2D eigenvalue weighted by molar-refractivity contribution is 6.02. The number of benzene rings is 2. The molecule has 0 aromatic heterocycles. The van der Waals surface area contributed by atoms with E-state index in [1.165, 1.54) is 38.5 Å². The van der Waals surface area contributed by atoms with Gasteiger partial charge in [0, 0.05) is 6.08 Å². The van der Waals surface area contributed by atoms with Gasteiger partial charge < -0.3 is 24.8 Å². The number of aliphatic hydroxyl groups is 1.